The second-order valence-corrected chi connectivity index (χ2v) is 8.39. The van der Waals surface area contributed by atoms with E-state index in [9.17, 15) is 9.59 Å². The van der Waals surface area contributed by atoms with Gasteiger partial charge in [0.2, 0.25) is 11.8 Å². The molecule has 1 aromatic rings. The number of aromatic amines is 1. The molecule has 8 nitrogen and oxygen atoms in total. The summed E-state index contributed by atoms with van der Waals surface area (Å²) in [5.74, 6) is 1.85. The van der Waals surface area contributed by atoms with Crippen molar-refractivity contribution >= 4 is 11.8 Å². The van der Waals surface area contributed by atoms with E-state index < -0.39 is 0 Å². The molecule has 3 aliphatic rings. The van der Waals surface area contributed by atoms with Gasteiger partial charge in [0.25, 0.3) is 0 Å². The Labute approximate surface area is 147 Å². The topological polar surface area (TPSA) is 104 Å². The van der Waals surface area contributed by atoms with Crippen molar-refractivity contribution in [2.45, 2.75) is 52.0 Å². The minimum Gasteiger partial charge on any atom is -0.353 e. The van der Waals surface area contributed by atoms with Crippen LogP contribution in [0, 0.1) is 23.2 Å². The van der Waals surface area contributed by atoms with Crippen LogP contribution in [-0.2, 0) is 16.0 Å². The summed E-state index contributed by atoms with van der Waals surface area (Å²) in [6.07, 6.45) is 4.37. The van der Waals surface area contributed by atoms with Crippen LogP contribution in [0.1, 0.15) is 45.4 Å². The van der Waals surface area contributed by atoms with Crippen LogP contribution >= 0.6 is 0 Å². The molecule has 0 bridgehead atoms. The molecule has 2 aliphatic heterocycles. The second-order valence-electron chi connectivity index (χ2n) is 8.39. The third-order valence-electron chi connectivity index (χ3n) is 6.49. The first kappa shape index (κ1) is 16.5. The molecule has 1 aromatic heterocycles. The summed E-state index contributed by atoms with van der Waals surface area (Å²) in [6, 6.07) is 0.246. The third kappa shape index (κ3) is 2.91. The maximum absolute atomic E-state index is 13.0. The van der Waals surface area contributed by atoms with E-state index in [1.807, 2.05) is 18.7 Å². The first-order valence-corrected chi connectivity index (χ1v) is 9.27. The molecule has 3 heterocycles. The predicted molar refractivity (Wildman–Crippen MR) is 89.1 cm³/mol. The second kappa shape index (κ2) is 6.07. The predicted octanol–water partition coefficient (Wildman–Crippen LogP) is 0.532. The number of aromatic nitrogens is 4. The van der Waals surface area contributed by atoms with Crippen molar-refractivity contribution in [2.24, 2.45) is 23.2 Å². The van der Waals surface area contributed by atoms with Crippen LogP contribution in [-0.4, -0.2) is 56.5 Å². The highest BCUT2D eigenvalue weighted by Gasteiger charge is 2.52. The summed E-state index contributed by atoms with van der Waals surface area (Å²) in [7, 11) is 0. The highest BCUT2D eigenvalue weighted by Crippen LogP contribution is 2.45. The fourth-order valence-corrected chi connectivity index (χ4v) is 4.87. The van der Waals surface area contributed by atoms with Crippen LogP contribution in [0.3, 0.4) is 0 Å². The minimum absolute atomic E-state index is 0.0529. The number of amides is 2. The molecular weight excluding hydrogens is 320 g/mol. The molecular formula is C17H26N6O2. The summed E-state index contributed by atoms with van der Waals surface area (Å²) in [5.41, 5.74) is -0.365. The Morgan fingerprint density at radius 2 is 2.16 bits per heavy atom. The maximum Gasteiger partial charge on any atom is 0.226 e. The van der Waals surface area contributed by atoms with Gasteiger partial charge in [0.05, 0.1) is 0 Å². The summed E-state index contributed by atoms with van der Waals surface area (Å²) < 4.78 is 0. The van der Waals surface area contributed by atoms with Gasteiger partial charge in [-0.2, -0.15) is 5.21 Å². The molecule has 1 aliphatic carbocycles. The SMILES string of the molecule is CC1(C)C(=O)NC2CCC(C(=O)N3CCC(Cc4nn[nH]n4)C3)CC21. The standard InChI is InChI=1S/C17H26N6O2/c1-17(2)12-8-11(3-4-13(12)18-16(17)25)15(24)23-6-5-10(9-23)7-14-19-21-22-20-14/h10-13H,3-9H2,1-2H3,(H,18,25)(H,19,20,21,22). The fraction of sp³-hybridized carbons (Fsp3) is 0.824. The van der Waals surface area contributed by atoms with Gasteiger partial charge in [0.1, 0.15) is 0 Å². The highest BCUT2D eigenvalue weighted by molar-refractivity contribution is 5.86. The van der Waals surface area contributed by atoms with Gasteiger partial charge in [0.15, 0.2) is 5.82 Å². The zero-order valence-corrected chi connectivity index (χ0v) is 14.9. The van der Waals surface area contributed by atoms with Gasteiger partial charge >= 0.3 is 0 Å². The lowest BCUT2D eigenvalue weighted by molar-refractivity contribution is -0.137. The zero-order valence-electron chi connectivity index (χ0n) is 14.9. The summed E-state index contributed by atoms with van der Waals surface area (Å²) in [5, 5.41) is 17.2. The summed E-state index contributed by atoms with van der Waals surface area (Å²) in [4.78, 5) is 27.2. The molecule has 2 N–H and O–H groups in total. The number of H-pyrrole nitrogens is 1. The van der Waals surface area contributed by atoms with E-state index in [-0.39, 0.29) is 35.1 Å². The number of rotatable bonds is 3. The maximum atomic E-state index is 13.0. The Hall–Kier alpha value is -1.99. The van der Waals surface area contributed by atoms with Crippen LogP contribution in [0.15, 0.2) is 0 Å². The van der Waals surface area contributed by atoms with Gasteiger partial charge in [-0.15, -0.1) is 10.2 Å². The average Bonchev–Trinajstić information content (AvgIpc) is 3.30. The van der Waals surface area contributed by atoms with Crippen molar-refractivity contribution in [1.82, 2.24) is 30.8 Å². The minimum atomic E-state index is -0.365. The highest BCUT2D eigenvalue weighted by atomic mass is 16.2. The van der Waals surface area contributed by atoms with Crippen LogP contribution in [0.5, 0.6) is 0 Å². The first-order valence-electron chi connectivity index (χ1n) is 9.27. The fourth-order valence-electron chi connectivity index (χ4n) is 4.87. The van der Waals surface area contributed by atoms with E-state index >= 15 is 0 Å². The number of fused-ring (bicyclic) bond motifs is 1. The van der Waals surface area contributed by atoms with Gasteiger partial charge in [-0.05, 0) is 37.5 Å². The summed E-state index contributed by atoms with van der Waals surface area (Å²) >= 11 is 0. The van der Waals surface area contributed by atoms with Crippen molar-refractivity contribution in [3.63, 3.8) is 0 Å². The lowest BCUT2D eigenvalue weighted by Crippen LogP contribution is -2.42. The van der Waals surface area contributed by atoms with Crippen LogP contribution < -0.4 is 5.32 Å². The number of likely N-dealkylation sites (tertiary alicyclic amines) is 1. The Balaban J connectivity index is 1.36. The Bertz CT molecular complexity index is 658. The summed E-state index contributed by atoms with van der Waals surface area (Å²) in [6.45, 7) is 5.61. The molecule has 25 heavy (non-hydrogen) atoms. The molecule has 4 unspecified atom stereocenters. The van der Waals surface area contributed by atoms with E-state index in [1.54, 1.807) is 0 Å². The molecule has 1 saturated carbocycles. The lowest BCUT2D eigenvalue weighted by atomic mass is 9.68. The number of carbonyl (C=O) groups is 2. The Kier molecular flexibility index (Phi) is 4.00. The van der Waals surface area contributed by atoms with Crippen LogP contribution in [0.4, 0.5) is 0 Å². The normalized spacial score (nSPS) is 34.0. The van der Waals surface area contributed by atoms with Crippen molar-refractivity contribution in [2.75, 3.05) is 13.1 Å². The largest absolute Gasteiger partial charge is 0.353 e. The molecule has 2 amide bonds. The van der Waals surface area contributed by atoms with Gasteiger partial charge in [-0.1, -0.05) is 19.1 Å². The van der Waals surface area contributed by atoms with Gasteiger partial charge in [-0.25, -0.2) is 0 Å². The Morgan fingerprint density at radius 3 is 2.92 bits per heavy atom. The monoisotopic (exact) mass is 346 g/mol. The van der Waals surface area contributed by atoms with E-state index in [4.69, 9.17) is 0 Å². The quantitative estimate of drug-likeness (QED) is 0.831. The van der Waals surface area contributed by atoms with Gasteiger partial charge in [0, 0.05) is 36.9 Å². The van der Waals surface area contributed by atoms with E-state index in [2.05, 4.69) is 25.9 Å². The molecule has 3 fully saturated rings. The molecule has 0 radical (unpaired) electrons. The van der Waals surface area contributed by atoms with Crippen molar-refractivity contribution in [3.8, 4) is 0 Å². The number of nitrogens with zero attached hydrogens (tertiary/aromatic N) is 4. The van der Waals surface area contributed by atoms with Gasteiger partial charge < -0.3 is 10.2 Å². The van der Waals surface area contributed by atoms with Crippen LogP contribution in [0.2, 0.25) is 0 Å². The van der Waals surface area contributed by atoms with E-state index in [0.29, 0.717) is 5.92 Å². The molecule has 0 aromatic carbocycles. The number of hydrogen-bond donors (Lipinski definition) is 2. The lowest BCUT2D eigenvalue weighted by Gasteiger charge is -2.36. The molecule has 4 atom stereocenters. The molecule has 136 valence electrons. The number of carbonyl (C=O) groups excluding carboxylic acids is 2. The van der Waals surface area contributed by atoms with Crippen molar-refractivity contribution < 1.29 is 9.59 Å². The molecule has 4 rings (SSSR count). The smallest absolute Gasteiger partial charge is 0.226 e. The number of tetrazole rings is 1. The average molecular weight is 346 g/mol. The van der Waals surface area contributed by atoms with E-state index in [0.717, 1.165) is 51.0 Å². The van der Waals surface area contributed by atoms with E-state index in [1.165, 1.54) is 0 Å². The van der Waals surface area contributed by atoms with Crippen molar-refractivity contribution in [1.29, 1.82) is 0 Å². The van der Waals surface area contributed by atoms with Crippen LogP contribution in [0.25, 0.3) is 0 Å². The molecule has 8 heteroatoms. The zero-order chi connectivity index (χ0) is 17.6. The number of hydrogen-bond acceptors (Lipinski definition) is 5. The third-order valence-corrected chi connectivity index (χ3v) is 6.49. The molecule has 2 saturated heterocycles. The van der Waals surface area contributed by atoms with Gasteiger partial charge in [-0.3, -0.25) is 9.59 Å². The molecule has 0 spiro atoms. The first-order chi connectivity index (χ1) is 11.9. The Morgan fingerprint density at radius 1 is 1.32 bits per heavy atom. The van der Waals surface area contributed by atoms with Crippen molar-refractivity contribution in [3.05, 3.63) is 5.82 Å². The number of nitrogens with one attached hydrogen (secondary N) is 2.